The first kappa shape index (κ1) is 9.97. The average Bonchev–Trinajstić information content (AvgIpc) is 2.66. The van der Waals surface area contributed by atoms with Gasteiger partial charge in [0, 0.05) is 17.5 Å². The van der Waals surface area contributed by atoms with Crippen LogP contribution in [0.1, 0.15) is 17.7 Å². The molecule has 3 heterocycles. The van der Waals surface area contributed by atoms with Crippen LogP contribution in [-0.2, 0) is 0 Å². The summed E-state index contributed by atoms with van der Waals surface area (Å²) in [6.45, 7) is 2.10. The Kier molecular flexibility index (Phi) is 2.48. The summed E-state index contributed by atoms with van der Waals surface area (Å²) in [5, 5.41) is 4.56. The Morgan fingerprint density at radius 1 is 1.38 bits per heavy atom. The molecule has 0 saturated heterocycles. The normalized spacial score (nSPS) is 16.4. The van der Waals surface area contributed by atoms with Crippen LogP contribution in [0, 0.1) is 6.92 Å². The Morgan fingerprint density at radius 2 is 2.31 bits per heavy atom. The minimum absolute atomic E-state index is 1.14. The number of nitrogens with zero attached hydrogens (tertiary/aromatic N) is 2. The van der Waals surface area contributed by atoms with E-state index in [1.165, 1.54) is 28.8 Å². The van der Waals surface area contributed by atoms with Gasteiger partial charge in [-0.05, 0) is 36.8 Å². The minimum atomic E-state index is 1.14. The number of hydrogen-bond acceptors (Lipinski definition) is 2. The van der Waals surface area contributed by atoms with Gasteiger partial charge in [-0.3, -0.25) is 0 Å². The van der Waals surface area contributed by atoms with Gasteiger partial charge < -0.3 is 0 Å². The smallest absolute Gasteiger partial charge is 0.0739 e. The molecular formula is C13H14N2S. The molecule has 0 fully saturated rings. The zero-order valence-corrected chi connectivity index (χ0v) is 10.1. The molecule has 1 aliphatic heterocycles. The van der Waals surface area contributed by atoms with E-state index in [1.807, 2.05) is 28.5 Å². The molecule has 0 radical (unpaired) electrons. The Morgan fingerprint density at radius 3 is 3.12 bits per heavy atom. The number of aromatic nitrogens is 2. The van der Waals surface area contributed by atoms with Crippen molar-refractivity contribution in [3.63, 3.8) is 0 Å². The Bertz CT molecular complexity index is 554. The fourth-order valence-corrected chi connectivity index (χ4v) is 3.12. The molecule has 0 N–H and O–H groups in total. The molecule has 3 rings (SSSR count). The maximum Gasteiger partial charge on any atom is 0.0739 e. The van der Waals surface area contributed by atoms with E-state index >= 15 is 0 Å². The van der Waals surface area contributed by atoms with Crippen molar-refractivity contribution in [1.29, 1.82) is 0 Å². The van der Waals surface area contributed by atoms with Gasteiger partial charge in [-0.1, -0.05) is 12.1 Å². The van der Waals surface area contributed by atoms with Crippen molar-refractivity contribution in [2.75, 3.05) is 11.5 Å². The lowest BCUT2D eigenvalue weighted by molar-refractivity contribution is 0.934. The lowest BCUT2D eigenvalue weighted by atomic mass is 10.0. The third kappa shape index (κ3) is 1.55. The quantitative estimate of drug-likeness (QED) is 0.748. The SMILES string of the molecule is Cc1nn2ccccc2c1C1=CCSCC1. The summed E-state index contributed by atoms with van der Waals surface area (Å²) in [5.41, 5.74) is 5.20. The highest BCUT2D eigenvalue weighted by molar-refractivity contribution is 7.99. The van der Waals surface area contributed by atoms with E-state index in [-0.39, 0.29) is 0 Å². The van der Waals surface area contributed by atoms with Gasteiger partial charge in [0.1, 0.15) is 0 Å². The lowest BCUT2D eigenvalue weighted by Crippen LogP contribution is -1.96. The Labute approximate surface area is 99.4 Å². The average molecular weight is 230 g/mol. The van der Waals surface area contributed by atoms with Crippen LogP contribution in [0.2, 0.25) is 0 Å². The van der Waals surface area contributed by atoms with Crippen LogP contribution in [-0.4, -0.2) is 21.1 Å². The van der Waals surface area contributed by atoms with Gasteiger partial charge in [0.15, 0.2) is 0 Å². The molecule has 0 bridgehead atoms. The predicted molar refractivity (Wildman–Crippen MR) is 69.8 cm³/mol. The van der Waals surface area contributed by atoms with E-state index < -0.39 is 0 Å². The second-order valence-electron chi connectivity index (χ2n) is 4.05. The van der Waals surface area contributed by atoms with Gasteiger partial charge in [-0.25, -0.2) is 4.52 Å². The highest BCUT2D eigenvalue weighted by Gasteiger charge is 2.14. The summed E-state index contributed by atoms with van der Waals surface area (Å²) in [7, 11) is 0. The van der Waals surface area contributed by atoms with Crippen molar-refractivity contribution in [3.05, 3.63) is 41.7 Å². The van der Waals surface area contributed by atoms with Gasteiger partial charge in [0.05, 0.1) is 11.2 Å². The van der Waals surface area contributed by atoms with E-state index in [0.717, 1.165) is 11.4 Å². The van der Waals surface area contributed by atoms with Gasteiger partial charge in [-0.15, -0.1) is 0 Å². The summed E-state index contributed by atoms with van der Waals surface area (Å²) in [5.74, 6) is 2.37. The van der Waals surface area contributed by atoms with Crippen molar-refractivity contribution in [2.24, 2.45) is 0 Å². The minimum Gasteiger partial charge on any atom is -0.240 e. The van der Waals surface area contributed by atoms with Crippen LogP contribution in [0.3, 0.4) is 0 Å². The zero-order valence-electron chi connectivity index (χ0n) is 9.31. The summed E-state index contributed by atoms with van der Waals surface area (Å²) in [6.07, 6.45) is 5.54. The highest BCUT2D eigenvalue weighted by Crippen LogP contribution is 2.30. The second-order valence-corrected chi connectivity index (χ2v) is 5.19. The first-order chi connectivity index (χ1) is 7.86. The van der Waals surface area contributed by atoms with Crippen LogP contribution < -0.4 is 0 Å². The standard InChI is InChI=1S/C13H14N2S/c1-10-13(11-5-8-16-9-6-11)12-4-2-3-7-15(12)14-10/h2-5,7H,6,8-9H2,1H3. The summed E-state index contributed by atoms with van der Waals surface area (Å²) in [6, 6.07) is 6.25. The fourth-order valence-electron chi connectivity index (χ4n) is 2.27. The van der Waals surface area contributed by atoms with Crippen molar-refractivity contribution in [2.45, 2.75) is 13.3 Å². The van der Waals surface area contributed by atoms with Crippen molar-refractivity contribution in [3.8, 4) is 0 Å². The highest BCUT2D eigenvalue weighted by atomic mass is 32.2. The number of rotatable bonds is 1. The number of pyridine rings is 1. The van der Waals surface area contributed by atoms with Gasteiger partial charge >= 0.3 is 0 Å². The maximum atomic E-state index is 4.56. The molecular weight excluding hydrogens is 216 g/mol. The van der Waals surface area contributed by atoms with E-state index in [2.05, 4.69) is 30.2 Å². The number of allylic oxidation sites excluding steroid dienone is 1. The molecule has 0 unspecified atom stereocenters. The predicted octanol–water partition coefficient (Wildman–Crippen LogP) is 3.16. The molecule has 0 aromatic carbocycles. The zero-order chi connectivity index (χ0) is 11.0. The number of hydrogen-bond donors (Lipinski definition) is 0. The fraction of sp³-hybridized carbons (Fsp3) is 0.308. The molecule has 0 aliphatic carbocycles. The molecule has 2 aromatic rings. The molecule has 0 atom stereocenters. The molecule has 3 heteroatoms. The summed E-state index contributed by atoms with van der Waals surface area (Å²) in [4.78, 5) is 0. The first-order valence-electron chi connectivity index (χ1n) is 5.57. The Hall–Kier alpha value is -1.22. The van der Waals surface area contributed by atoms with Crippen LogP contribution in [0.4, 0.5) is 0 Å². The van der Waals surface area contributed by atoms with Crippen LogP contribution in [0.15, 0.2) is 30.5 Å². The molecule has 82 valence electrons. The third-order valence-corrected chi connectivity index (χ3v) is 3.89. The second kappa shape index (κ2) is 3.98. The molecule has 2 nitrogen and oxygen atoms in total. The van der Waals surface area contributed by atoms with Crippen LogP contribution in [0.5, 0.6) is 0 Å². The molecule has 2 aromatic heterocycles. The van der Waals surface area contributed by atoms with E-state index in [1.54, 1.807) is 0 Å². The van der Waals surface area contributed by atoms with Gasteiger partial charge in [0.25, 0.3) is 0 Å². The maximum absolute atomic E-state index is 4.56. The molecule has 1 aliphatic rings. The largest absolute Gasteiger partial charge is 0.240 e. The molecule has 0 amide bonds. The van der Waals surface area contributed by atoms with E-state index in [0.29, 0.717) is 0 Å². The Balaban J connectivity index is 2.21. The first-order valence-corrected chi connectivity index (χ1v) is 6.73. The monoisotopic (exact) mass is 230 g/mol. The molecule has 16 heavy (non-hydrogen) atoms. The molecule has 0 spiro atoms. The van der Waals surface area contributed by atoms with E-state index in [9.17, 15) is 0 Å². The van der Waals surface area contributed by atoms with Gasteiger partial charge in [0.2, 0.25) is 0 Å². The van der Waals surface area contributed by atoms with Crippen molar-refractivity contribution < 1.29 is 0 Å². The summed E-state index contributed by atoms with van der Waals surface area (Å²) >= 11 is 2.00. The lowest BCUT2D eigenvalue weighted by Gasteiger charge is -2.12. The number of aryl methyl sites for hydroxylation is 1. The topological polar surface area (TPSA) is 17.3 Å². The van der Waals surface area contributed by atoms with E-state index in [4.69, 9.17) is 0 Å². The van der Waals surface area contributed by atoms with Crippen LogP contribution >= 0.6 is 11.8 Å². The van der Waals surface area contributed by atoms with Crippen LogP contribution in [0.25, 0.3) is 11.1 Å². The van der Waals surface area contributed by atoms with Crippen molar-refractivity contribution in [1.82, 2.24) is 9.61 Å². The number of thioether (sulfide) groups is 1. The summed E-state index contributed by atoms with van der Waals surface area (Å²) < 4.78 is 1.98. The van der Waals surface area contributed by atoms with Gasteiger partial charge in [-0.2, -0.15) is 16.9 Å². The molecule has 0 saturated carbocycles. The third-order valence-electron chi connectivity index (χ3n) is 3.00. The van der Waals surface area contributed by atoms with Crippen molar-refractivity contribution >= 4 is 22.9 Å². The number of fused-ring (bicyclic) bond motifs is 1.